The lowest BCUT2D eigenvalue weighted by molar-refractivity contribution is -0.118. The summed E-state index contributed by atoms with van der Waals surface area (Å²) < 4.78 is 6.51. The van der Waals surface area contributed by atoms with Gasteiger partial charge in [0.1, 0.15) is 5.75 Å². The Kier molecular flexibility index (Phi) is 5.66. The van der Waals surface area contributed by atoms with Crippen molar-refractivity contribution in [2.75, 3.05) is 30.9 Å². The molecule has 2 aromatic carbocycles. The second-order valence-corrected chi connectivity index (χ2v) is 6.53. The maximum atomic E-state index is 12.0. The van der Waals surface area contributed by atoms with Crippen molar-refractivity contribution in [2.24, 2.45) is 0 Å². The standard InChI is InChI=1S/C18H21BrN2O2/c1-12-9-13(2)18(16(19)10-12)23-11-17(22)20-14-5-7-15(8-6-14)21(3)4/h5-10H,11H2,1-4H3,(H,20,22). The number of ether oxygens (including phenoxy) is 1. The molecule has 0 heterocycles. The Morgan fingerprint density at radius 1 is 1.17 bits per heavy atom. The molecule has 0 saturated carbocycles. The number of halogens is 1. The lowest BCUT2D eigenvalue weighted by Gasteiger charge is -2.14. The van der Waals surface area contributed by atoms with Crippen LogP contribution < -0.4 is 15.0 Å². The Bertz CT molecular complexity index is 674. The van der Waals surface area contributed by atoms with Crippen molar-refractivity contribution >= 4 is 33.2 Å². The topological polar surface area (TPSA) is 41.6 Å². The van der Waals surface area contributed by atoms with E-state index in [1.807, 2.05) is 69.2 Å². The molecule has 0 aromatic heterocycles. The highest BCUT2D eigenvalue weighted by atomic mass is 79.9. The Morgan fingerprint density at radius 2 is 1.83 bits per heavy atom. The fourth-order valence-corrected chi connectivity index (χ4v) is 3.05. The van der Waals surface area contributed by atoms with E-state index in [1.54, 1.807) is 0 Å². The van der Waals surface area contributed by atoms with Crippen LogP contribution in [0.2, 0.25) is 0 Å². The molecule has 0 aliphatic heterocycles. The molecule has 0 spiro atoms. The van der Waals surface area contributed by atoms with Crippen LogP contribution in [-0.4, -0.2) is 26.6 Å². The third-order valence-electron chi connectivity index (χ3n) is 3.39. The van der Waals surface area contributed by atoms with Gasteiger partial charge in [-0.3, -0.25) is 4.79 Å². The summed E-state index contributed by atoms with van der Waals surface area (Å²) in [4.78, 5) is 14.0. The number of carbonyl (C=O) groups excluding carboxylic acids is 1. The predicted molar refractivity (Wildman–Crippen MR) is 98.5 cm³/mol. The molecule has 0 radical (unpaired) electrons. The van der Waals surface area contributed by atoms with Crippen molar-refractivity contribution in [3.63, 3.8) is 0 Å². The maximum absolute atomic E-state index is 12.0. The molecule has 0 atom stereocenters. The number of rotatable bonds is 5. The van der Waals surface area contributed by atoms with E-state index in [9.17, 15) is 4.79 Å². The van der Waals surface area contributed by atoms with Crippen LogP contribution in [-0.2, 0) is 4.79 Å². The average Bonchev–Trinajstić information content (AvgIpc) is 2.46. The first-order chi connectivity index (χ1) is 10.9. The number of nitrogens with one attached hydrogen (secondary N) is 1. The smallest absolute Gasteiger partial charge is 0.262 e. The zero-order valence-corrected chi connectivity index (χ0v) is 15.4. The van der Waals surface area contributed by atoms with Crippen molar-refractivity contribution in [1.82, 2.24) is 0 Å². The summed E-state index contributed by atoms with van der Waals surface area (Å²) in [5.74, 6) is 0.517. The molecule has 2 rings (SSSR count). The van der Waals surface area contributed by atoms with Crippen molar-refractivity contribution in [3.8, 4) is 5.75 Å². The first kappa shape index (κ1) is 17.3. The van der Waals surface area contributed by atoms with Crippen molar-refractivity contribution in [2.45, 2.75) is 13.8 Å². The number of amides is 1. The predicted octanol–water partition coefficient (Wildman–Crippen LogP) is 4.15. The maximum Gasteiger partial charge on any atom is 0.262 e. The highest BCUT2D eigenvalue weighted by Crippen LogP contribution is 2.30. The van der Waals surface area contributed by atoms with Gasteiger partial charge < -0.3 is 15.0 Å². The fraction of sp³-hybridized carbons (Fsp3) is 0.278. The molecule has 0 unspecified atom stereocenters. The van der Waals surface area contributed by atoms with Crippen LogP contribution in [0.3, 0.4) is 0 Å². The number of hydrogen-bond donors (Lipinski definition) is 1. The molecular formula is C18H21BrN2O2. The third-order valence-corrected chi connectivity index (χ3v) is 3.98. The number of benzene rings is 2. The van der Waals surface area contributed by atoms with Gasteiger partial charge in [-0.25, -0.2) is 0 Å². The molecule has 23 heavy (non-hydrogen) atoms. The van der Waals surface area contributed by atoms with Gasteiger partial charge in [0.25, 0.3) is 5.91 Å². The summed E-state index contributed by atoms with van der Waals surface area (Å²) in [6.45, 7) is 3.95. The van der Waals surface area contributed by atoms with Crippen LogP contribution in [0.5, 0.6) is 5.75 Å². The quantitative estimate of drug-likeness (QED) is 0.851. The Balaban J connectivity index is 1.95. The Hall–Kier alpha value is -2.01. The molecular weight excluding hydrogens is 356 g/mol. The van der Waals surface area contributed by atoms with Crippen LogP contribution in [0.25, 0.3) is 0 Å². The van der Waals surface area contributed by atoms with E-state index in [0.29, 0.717) is 5.75 Å². The monoisotopic (exact) mass is 376 g/mol. The third kappa shape index (κ3) is 4.73. The minimum Gasteiger partial charge on any atom is -0.482 e. The lowest BCUT2D eigenvalue weighted by Crippen LogP contribution is -2.20. The number of carbonyl (C=O) groups is 1. The van der Waals surface area contributed by atoms with Crippen molar-refractivity contribution < 1.29 is 9.53 Å². The van der Waals surface area contributed by atoms with Gasteiger partial charge in [-0.05, 0) is 71.2 Å². The summed E-state index contributed by atoms with van der Waals surface area (Å²) in [7, 11) is 3.95. The fourth-order valence-electron chi connectivity index (χ4n) is 2.26. The van der Waals surface area contributed by atoms with E-state index in [1.165, 1.54) is 0 Å². The molecule has 0 fully saturated rings. The second kappa shape index (κ2) is 7.51. The first-order valence-corrected chi connectivity index (χ1v) is 8.13. The largest absolute Gasteiger partial charge is 0.482 e. The number of aryl methyl sites for hydroxylation is 2. The molecule has 0 saturated heterocycles. The van der Waals surface area contributed by atoms with Crippen LogP contribution in [0.1, 0.15) is 11.1 Å². The van der Waals surface area contributed by atoms with Gasteiger partial charge in [-0.2, -0.15) is 0 Å². The van der Waals surface area contributed by atoms with E-state index in [0.717, 1.165) is 27.0 Å². The molecule has 4 nitrogen and oxygen atoms in total. The van der Waals surface area contributed by atoms with Crippen LogP contribution in [0, 0.1) is 13.8 Å². The summed E-state index contributed by atoms with van der Waals surface area (Å²) in [5, 5.41) is 2.83. The minimum atomic E-state index is -0.186. The van der Waals surface area contributed by atoms with Crippen molar-refractivity contribution in [1.29, 1.82) is 0 Å². The SMILES string of the molecule is Cc1cc(C)c(OCC(=O)Nc2ccc(N(C)C)cc2)c(Br)c1. The van der Waals surface area contributed by atoms with Gasteiger partial charge in [0, 0.05) is 25.5 Å². The Morgan fingerprint density at radius 3 is 2.39 bits per heavy atom. The van der Waals surface area contributed by atoms with Crippen LogP contribution in [0.4, 0.5) is 11.4 Å². The second-order valence-electron chi connectivity index (χ2n) is 5.67. The molecule has 2 aromatic rings. The highest BCUT2D eigenvalue weighted by molar-refractivity contribution is 9.10. The van der Waals surface area contributed by atoms with E-state index < -0.39 is 0 Å². The summed E-state index contributed by atoms with van der Waals surface area (Å²) in [6.07, 6.45) is 0. The molecule has 0 aliphatic rings. The number of anilines is 2. The molecule has 0 bridgehead atoms. The van der Waals surface area contributed by atoms with Gasteiger partial charge in [0.15, 0.2) is 6.61 Å². The Labute approximate surface area is 145 Å². The van der Waals surface area contributed by atoms with Gasteiger partial charge >= 0.3 is 0 Å². The molecule has 1 amide bonds. The number of hydrogen-bond acceptors (Lipinski definition) is 3. The molecule has 1 N–H and O–H groups in total. The summed E-state index contributed by atoms with van der Waals surface area (Å²) in [6, 6.07) is 11.7. The van der Waals surface area contributed by atoms with E-state index in [2.05, 4.69) is 21.2 Å². The van der Waals surface area contributed by atoms with Gasteiger partial charge in [0.05, 0.1) is 4.47 Å². The zero-order chi connectivity index (χ0) is 17.0. The van der Waals surface area contributed by atoms with E-state index in [4.69, 9.17) is 4.74 Å². The van der Waals surface area contributed by atoms with Crippen LogP contribution in [0.15, 0.2) is 40.9 Å². The molecule has 122 valence electrons. The highest BCUT2D eigenvalue weighted by Gasteiger charge is 2.09. The van der Waals surface area contributed by atoms with Gasteiger partial charge in [-0.1, -0.05) is 6.07 Å². The van der Waals surface area contributed by atoms with E-state index >= 15 is 0 Å². The zero-order valence-electron chi connectivity index (χ0n) is 13.8. The van der Waals surface area contributed by atoms with Gasteiger partial charge in [-0.15, -0.1) is 0 Å². The van der Waals surface area contributed by atoms with Crippen molar-refractivity contribution in [3.05, 3.63) is 52.0 Å². The minimum absolute atomic E-state index is 0.0298. The summed E-state index contributed by atoms with van der Waals surface area (Å²) in [5.41, 5.74) is 3.98. The first-order valence-electron chi connectivity index (χ1n) is 7.33. The van der Waals surface area contributed by atoms with Gasteiger partial charge in [0.2, 0.25) is 0 Å². The van der Waals surface area contributed by atoms with Crippen LogP contribution >= 0.6 is 15.9 Å². The average molecular weight is 377 g/mol. The summed E-state index contributed by atoms with van der Waals surface area (Å²) >= 11 is 3.48. The molecule has 0 aliphatic carbocycles. The lowest BCUT2D eigenvalue weighted by atomic mass is 10.1. The normalized spacial score (nSPS) is 10.3. The number of nitrogens with zero attached hydrogens (tertiary/aromatic N) is 1. The van der Waals surface area contributed by atoms with E-state index in [-0.39, 0.29) is 12.5 Å². The molecule has 5 heteroatoms.